The second-order valence-electron chi connectivity index (χ2n) is 6.85. The van der Waals surface area contributed by atoms with Gasteiger partial charge in [0.05, 0.1) is 23.9 Å². The van der Waals surface area contributed by atoms with Gasteiger partial charge in [-0.3, -0.25) is 4.90 Å². The van der Waals surface area contributed by atoms with Gasteiger partial charge in [0.2, 0.25) is 0 Å². The molecule has 0 aromatic rings. The Morgan fingerprint density at radius 3 is 2.48 bits per heavy atom. The summed E-state index contributed by atoms with van der Waals surface area (Å²) in [5.41, 5.74) is -0.578. The normalized spacial score (nSPS) is 29.9. The minimum absolute atomic E-state index is 0.00616. The molecule has 1 aliphatic carbocycles. The van der Waals surface area contributed by atoms with Crippen LogP contribution in [0.25, 0.3) is 0 Å². The van der Waals surface area contributed by atoms with Crippen LogP contribution in [0.1, 0.15) is 27.2 Å². The molecule has 0 aromatic heterocycles. The van der Waals surface area contributed by atoms with E-state index in [1.165, 1.54) is 0 Å². The molecule has 1 N–H and O–H groups in total. The predicted octanol–water partition coefficient (Wildman–Crippen LogP) is 2.73. The van der Waals surface area contributed by atoms with Crippen LogP contribution in [0.15, 0.2) is 11.6 Å². The molecule has 0 amide bonds. The predicted molar refractivity (Wildman–Crippen MR) is 87.1 cm³/mol. The molecule has 1 saturated carbocycles. The van der Waals surface area contributed by atoms with Gasteiger partial charge in [-0.25, -0.2) is 0 Å². The van der Waals surface area contributed by atoms with E-state index in [0.29, 0.717) is 0 Å². The van der Waals surface area contributed by atoms with Crippen molar-refractivity contribution in [1.29, 1.82) is 21.2 Å². The van der Waals surface area contributed by atoms with Gasteiger partial charge in [0.15, 0.2) is 5.41 Å². The fourth-order valence-corrected chi connectivity index (χ4v) is 4.27. The van der Waals surface area contributed by atoms with Crippen LogP contribution in [0.2, 0.25) is 0 Å². The summed E-state index contributed by atoms with van der Waals surface area (Å²) < 4.78 is 0. The van der Waals surface area contributed by atoms with Crippen molar-refractivity contribution in [1.82, 2.24) is 4.90 Å². The van der Waals surface area contributed by atoms with Gasteiger partial charge in [-0.05, 0) is 24.5 Å². The van der Waals surface area contributed by atoms with Crippen molar-refractivity contribution < 1.29 is 0 Å². The number of nitrogens with one attached hydrogen (secondary N) is 1. The quantitative estimate of drug-likeness (QED) is 0.810. The second kappa shape index (κ2) is 6.53. The smallest absolute Gasteiger partial charge is 0.186 e. The monoisotopic (exact) mass is 309 g/mol. The zero-order valence-corrected chi connectivity index (χ0v) is 14.0. The van der Waals surface area contributed by atoms with E-state index >= 15 is 0 Å². The Balaban J connectivity index is 2.58. The molecule has 120 valence electrons. The highest BCUT2D eigenvalue weighted by Crippen LogP contribution is 2.51. The minimum atomic E-state index is -1.49. The Morgan fingerprint density at radius 2 is 2.00 bits per heavy atom. The maximum absolute atomic E-state index is 9.75. The van der Waals surface area contributed by atoms with Crippen LogP contribution in [0.3, 0.4) is 0 Å². The van der Waals surface area contributed by atoms with Gasteiger partial charge in [0, 0.05) is 24.9 Å². The SMILES string of the molecule is CCCN1CC=C2C(C#N)C(=N)C(C#N)(C#N)[C@@H](C(C)C)[C@@H]2C1. The van der Waals surface area contributed by atoms with Crippen LogP contribution in [0, 0.1) is 68.5 Å². The highest BCUT2D eigenvalue weighted by Gasteiger charge is 2.57. The van der Waals surface area contributed by atoms with E-state index in [1.807, 2.05) is 13.8 Å². The van der Waals surface area contributed by atoms with E-state index in [2.05, 4.69) is 36.1 Å². The van der Waals surface area contributed by atoms with E-state index < -0.39 is 11.3 Å². The van der Waals surface area contributed by atoms with Gasteiger partial charge in [0.1, 0.15) is 5.92 Å². The van der Waals surface area contributed by atoms with Gasteiger partial charge in [-0.15, -0.1) is 0 Å². The molecule has 5 nitrogen and oxygen atoms in total. The zero-order valence-electron chi connectivity index (χ0n) is 14.0. The molecule has 2 rings (SSSR count). The lowest BCUT2D eigenvalue weighted by molar-refractivity contribution is 0.133. The Hall–Kier alpha value is -2.16. The number of hydrogen-bond acceptors (Lipinski definition) is 5. The first-order valence-corrected chi connectivity index (χ1v) is 8.20. The molecule has 2 aliphatic rings. The van der Waals surface area contributed by atoms with Crippen molar-refractivity contribution in [2.75, 3.05) is 19.6 Å². The third kappa shape index (κ3) is 2.54. The van der Waals surface area contributed by atoms with Crippen molar-refractivity contribution in [3.05, 3.63) is 11.6 Å². The van der Waals surface area contributed by atoms with Gasteiger partial charge in [0.25, 0.3) is 0 Å². The van der Waals surface area contributed by atoms with Crippen LogP contribution in [-0.4, -0.2) is 30.2 Å². The van der Waals surface area contributed by atoms with Crippen molar-refractivity contribution in [3.8, 4) is 18.2 Å². The average molecular weight is 309 g/mol. The maximum Gasteiger partial charge on any atom is 0.186 e. The summed E-state index contributed by atoms with van der Waals surface area (Å²) in [6.07, 6.45) is 3.10. The first kappa shape index (κ1) is 17.2. The van der Waals surface area contributed by atoms with E-state index in [1.54, 1.807) is 0 Å². The second-order valence-corrected chi connectivity index (χ2v) is 6.85. The number of nitriles is 3. The van der Waals surface area contributed by atoms with Gasteiger partial charge in [-0.2, -0.15) is 15.8 Å². The number of hydrogen-bond donors (Lipinski definition) is 1. The van der Waals surface area contributed by atoms with Crippen LogP contribution in [0.5, 0.6) is 0 Å². The molecule has 5 heteroatoms. The summed E-state index contributed by atoms with van der Waals surface area (Å²) in [5.74, 6) is -0.906. The Morgan fingerprint density at radius 1 is 1.35 bits per heavy atom. The van der Waals surface area contributed by atoms with Gasteiger partial charge < -0.3 is 5.41 Å². The Kier molecular flexibility index (Phi) is 4.88. The molecule has 0 radical (unpaired) electrons. The average Bonchev–Trinajstić information content (AvgIpc) is 2.54. The largest absolute Gasteiger partial charge is 0.305 e. The highest BCUT2D eigenvalue weighted by atomic mass is 15.1. The number of fused-ring (bicyclic) bond motifs is 1. The van der Waals surface area contributed by atoms with E-state index in [-0.39, 0.29) is 23.5 Å². The molecule has 1 heterocycles. The third-order valence-electron chi connectivity index (χ3n) is 5.19. The summed E-state index contributed by atoms with van der Waals surface area (Å²) in [6, 6.07) is 6.39. The van der Waals surface area contributed by atoms with Gasteiger partial charge in [-0.1, -0.05) is 26.8 Å². The molecule has 0 spiro atoms. The van der Waals surface area contributed by atoms with Crippen molar-refractivity contribution in [2.45, 2.75) is 27.2 Å². The minimum Gasteiger partial charge on any atom is -0.305 e. The molecule has 0 bridgehead atoms. The Bertz CT molecular complexity index is 626. The summed E-state index contributed by atoms with van der Waals surface area (Å²) in [5, 5.41) is 37.5. The summed E-state index contributed by atoms with van der Waals surface area (Å²) >= 11 is 0. The van der Waals surface area contributed by atoms with Crippen LogP contribution in [0.4, 0.5) is 0 Å². The molecular formula is C18H23N5. The standard InChI is InChI=1S/C18H23N5/c1-4-6-23-7-5-13-14(8-19)17(22)18(10-20,11-21)16(12(2)3)15(13)9-23/h5,12,14-16,22H,4,6-7,9H2,1-3H3/t14?,15-,16+/m1/s1. The fraction of sp³-hybridized carbons (Fsp3) is 0.667. The van der Waals surface area contributed by atoms with Crippen LogP contribution >= 0.6 is 0 Å². The molecule has 1 fully saturated rings. The van der Waals surface area contributed by atoms with Gasteiger partial charge >= 0.3 is 0 Å². The number of rotatable bonds is 3. The number of nitrogens with zero attached hydrogens (tertiary/aromatic N) is 4. The first-order chi connectivity index (χ1) is 11.0. The molecule has 0 saturated heterocycles. The van der Waals surface area contributed by atoms with Crippen LogP contribution in [-0.2, 0) is 0 Å². The molecule has 0 aromatic carbocycles. The maximum atomic E-state index is 9.75. The van der Waals surface area contributed by atoms with E-state index in [0.717, 1.165) is 31.6 Å². The highest BCUT2D eigenvalue weighted by molar-refractivity contribution is 6.00. The molecular weight excluding hydrogens is 286 g/mol. The molecule has 23 heavy (non-hydrogen) atoms. The third-order valence-corrected chi connectivity index (χ3v) is 5.19. The zero-order chi connectivity index (χ0) is 17.2. The van der Waals surface area contributed by atoms with Crippen molar-refractivity contribution in [3.63, 3.8) is 0 Å². The van der Waals surface area contributed by atoms with E-state index in [4.69, 9.17) is 5.41 Å². The first-order valence-electron chi connectivity index (χ1n) is 8.20. The molecule has 1 unspecified atom stereocenters. The molecule has 1 aliphatic heterocycles. The lowest BCUT2D eigenvalue weighted by atomic mass is 9.53. The fourth-order valence-electron chi connectivity index (χ4n) is 4.27. The lowest BCUT2D eigenvalue weighted by Crippen LogP contribution is -2.55. The summed E-state index contributed by atoms with van der Waals surface area (Å²) in [6.45, 7) is 8.64. The van der Waals surface area contributed by atoms with Crippen molar-refractivity contribution >= 4 is 5.71 Å². The Labute approximate surface area is 138 Å². The summed E-state index contributed by atoms with van der Waals surface area (Å²) in [4.78, 5) is 2.31. The lowest BCUT2D eigenvalue weighted by Gasteiger charge is -2.49. The molecule has 3 atom stereocenters. The van der Waals surface area contributed by atoms with Crippen LogP contribution < -0.4 is 0 Å². The summed E-state index contributed by atoms with van der Waals surface area (Å²) in [7, 11) is 0. The van der Waals surface area contributed by atoms with E-state index in [9.17, 15) is 15.8 Å². The topological polar surface area (TPSA) is 98.5 Å². The van der Waals surface area contributed by atoms with Crippen molar-refractivity contribution in [2.24, 2.45) is 29.1 Å².